The van der Waals surface area contributed by atoms with Gasteiger partial charge in [0.2, 0.25) is 0 Å². The molecule has 0 spiro atoms. The lowest BCUT2D eigenvalue weighted by atomic mass is 10.4. The molecule has 14 heavy (non-hydrogen) atoms. The topological polar surface area (TPSA) is 58.4 Å². The van der Waals surface area contributed by atoms with E-state index >= 15 is 0 Å². The van der Waals surface area contributed by atoms with Crippen molar-refractivity contribution in [1.82, 2.24) is 4.90 Å². The van der Waals surface area contributed by atoms with Crippen LogP contribution in [-0.2, 0) is 0 Å². The minimum atomic E-state index is -0.358. The Morgan fingerprint density at radius 3 is 2.93 bits per heavy atom. The summed E-state index contributed by atoms with van der Waals surface area (Å²) in [5.74, 6) is 0. The number of hydrogen-bond acceptors (Lipinski definition) is 5. The van der Waals surface area contributed by atoms with Crippen molar-refractivity contribution in [3.8, 4) is 0 Å². The molecule has 78 valence electrons. The summed E-state index contributed by atoms with van der Waals surface area (Å²) in [7, 11) is 3.92. The second kappa shape index (κ2) is 4.92. The zero-order chi connectivity index (χ0) is 10.6. The first-order chi connectivity index (χ1) is 6.61. The summed E-state index contributed by atoms with van der Waals surface area (Å²) < 4.78 is 0. The van der Waals surface area contributed by atoms with E-state index in [1.165, 1.54) is 0 Å². The number of thiophene rings is 1. The lowest BCUT2D eigenvalue weighted by molar-refractivity contribution is -0.379. The quantitative estimate of drug-likeness (QED) is 0.599. The Morgan fingerprint density at radius 1 is 1.64 bits per heavy atom. The molecule has 0 aromatic carbocycles. The second-order valence-electron chi connectivity index (χ2n) is 3.13. The van der Waals surface area contributed by atoms with Gasteiger partial charge in [0.05, 0.1) is 4.92 Å². The number of nitrogens with zero attached hydrogens (tertiary/aromatic N) is 2. The molecule has 0 bridgehead atoms. The van der Waals surface area contributed by atoms with E-state index in [-0.39, 0.29) is 9.92 Å². The molecule has 0 atom stereocenters. The van der Waals surface area contributed by atoms with Gasteiger partial charge in [0, 0.05) is 13.1 Å². The molecule has 0 radical (unpaired) electrons. The molecule has 0 unspecified atom stereocenters. The molecule has 6 heteroatoms. The van der Waals surface area contributed by atoms with Gasteiger partial charge in [-0.25, -0.2) is 0 Å². The summed E-state index contributed by atoms with van der Waals surface area (Å²) in [6, 6.07) is 1.73. The first-order valence-electron chi connectivity index (χ1n) is 4.21. The normalized spacial score (nSPS) is 10.5. The van der Waals surface area contributed by atoms with Crippen LogP contribution >= 0.6 is 11.3 Å². The van der Waals surface area contributed by atoms with E-state index in [1.807, 2.05) is 19.0 Å². The zero-order valence-electron chi connectivity index (χ0n) is 8.19. The molecule has 1 aromatic heterocycles. The average molecular weight is 215 g/mol. The Labute approximate surface area is 86.5 Å². The van der Waals surface area contributed by atoms with Gasteiger partial charge < -0.3 is 10.2 Å². The smallest absolute Gasteiger partial charge is 0.347 e. The number of nitrogens with one attached hydrogen (secondary N) is 1. The lowest BCUT2D eigenvalue weighted by Crippen LogP contribution is -2.20. The Hall–Kier alpha value is -1.14. The molecule has 1 rings (SSSR count). The molecular weight excluding hydrogens is 202 g/mol. The van der Waals surface area contributed by atoms with Gasteiger partial charge in [-0.15, -0.1) is 0 Å². The van der Waals surface area contributed by atoms with Crippen molar-refractivity contribution in [3.63, 3.8) is 0 Å². The molecule has 0 aliphatic heterocycles. The number of likely N-dealkylation sites (N-methyl/N-ethyl adjacent to an activating group) is 1. The van der Waals surface area contributed by atoms with Crippen molar-refractivity contribution in [2.75, 3.05) is 32.5 Å². The lowest BCUT2D eigenvalue weighted by Gasteiger charge is -2.09. The fourth-order valence-corrected chi connectivity index (χ4v) is 1.68. The third-order valence-corrected chi connectivity index (χ3v) is 2.55. The largest absolute Gasteiger partial charge is 0.377 e. The number of rotatable bonds is 5. The Kier molecular flexibility index (Phi) is 3.84. The maximum absolute atomic E-state index is 10.5. The van der Waals surface area contributed by atoms with Crippen LogP contribution in [0.15, 0.2) is 11.4 Å². The molecule has 0 aliphatic rings. The molecule has 1 heterocycles. The van der Waals surface area contributed by atoms with E-state index in [9.17, 15) is 10.1 Å². The fraction of sp³-hybridized carbons (Fsp3) is 0.500. The van der Waals surface area contributed by atoms with Gasteiger partial charge in [0.1, 0.15) is 5.69 Å². The van der Waals surface area contributed by atoms with Crippen molar-refractivity contribution in [1.29, 1.82) is 0 Å². The first-order valence-corrected chi connectivity index (χ1v) is 5.09. The van der Waals surface area contributed by atoms with Crippen LogP contribution in [0.1, 0.15) is 0 Å². The average Bonchev–Trinajstić information content (AvgIpc) is 2.51. The van der Waals surface area contributed by atoms with Gasteiger partial charge >= 0.3 is 5.00 Å². The molecule has 5 nitrogen and oxygen atoms in total. The van der Waals surface area contributed by atoms with Crippen LogP contribution in [0.4, 0.5) is 10.7 Å². The Balaban J connectivity index is 2.50. The molecule has 0 saturated carbocycles. The molecule has 0 fully saturated rings. The summed E-state index contributed by atoms with van der Waals surface area (Å²) in [5.41, 5.74) is 0.613. The van der Waals surface area contributed by atoms with Gasteiger partial charge in [-0.3, -0.25) is 10.1 Å². The summed E-state index contributed by atoms with van der Waals surface area (Å²) in [6.07, 6.45) is 0. The van der Waals surface area contributed by atoms with Crippen LogP contribution < -0.4 is 5.32 Å². The van der Waals surface area contributed by atoms with Crippen molar-refractivity contribution in [2.45, 2.75) is 0 Å². The summed E-state index contributed by atoms with van der Waals surface area (Å²) >= 11 is 1.14. The standard InChI is InChI=1S/C8H13N3O2S/c1-10(2)5-4-9-7-3-6-14-8(7)11(12)13/h3,6,9H,4-5H2,1-2H3. The molecule has 0 amide bonds. The van der Waals surface area contributed by atoms with E-state index in [2.05, 4.69) is 5.32 Å². The predicted molar refractivity (Wildman–Crippen MR) is 58.0 cm³/mol. The highest BCUT2D eigenvalue weighted by atomic mass is 32.1. The van der Waals surface area contributed by atoms with Gasteiger partial charge in [-0.05, 0) is 25.5 Å². The van der Waals surface area contributed by atoms with Crippen LogP contribution in [0.25, 0.3) is 0 Å². The Bertz CT molecular complexity index is 311. The van der Waals surface area contributed by atoms with E-state index in [1.54, 1.807) is 11.4 Å². The highest BCUT2D eigenvalue weighted by Crippen LogP contribution is 2.30. The highest BCUT2D eigenvalue weighted by molar-refractivity contribution is 7.14. The molecule has 1 N–H and O–H groups in total. The van der Waals surface area contributed by atoms with Crippen LogP contribution in [0.5, 0.6) is 0 Å². The predicted octanol–water partition coefficient (Wildman–Crippen LogP) is 1.63. The van der Waals surface area contributed by atoms with Crippen LogP contribution in [0, 0.1) is 10.1 Å². The minimum Gasteiger partial charge on any atom is -0.377 e. The van der Waals surface area contributed by atoms with Crippen molar-refractivity contribution in [3.05, 3.63) is 21.6 Å². The van der Waals surface area contributed by atoms with Crippen molar-refractivity contribution < 1.29 is 4.92 Å². The van der Waals surface area contributed by atoms with Crippen LogP contribution in [-0.4, -0.2) is 37.0 Å². The molecular formula is C8H13N3O2S. The van der Waals surface area contributed by atoms with Gasteiger partial charge in [-0.1, -0.05) is 11.3 Å². The fourth-order valence-electron chi connectivity index (χ4n) is 0.991. The summed E-state index contributed by atoms with van der Waals surface area (Å²) in [4.78, 5) is 12.2. The zero-order valence-corrected chi connectivity index (χ0v) is 9.00. The Morgan fingerprint density at radius 2 is 2.36 bits per heavy atom. The summed E-state index contributed by atoms with van der Waals surface area (Å²) in [6.45, 7) is 1.57. The highest BCUT2D eigenvalue weighted by Gasteiger charge is 2.14. The van der Waals surface area contributed by atoms with Gasteiger partial charge in [0.25, 0.3) is 0 Å². The molecule has 1 aromatic rings. The maximum Gasteiger partial charge on any atom is 0.347 e. The molecule has 0 aliphatic carbocycles. The second-order valence-corrected chi connectivity index (χ2v) is 4.02. The van der Waals surface area contributed by atoms with Crippen LogP contribution in [0.2, 0.25) is 0 Å². The van der Waals surface area contributed by atoms with Crippen LogP contribution in [0.3, 0.4) is 0 Å². The third-order valence-electron chi connectivity index (χ3n) is 1.69. The van der Waals surface area contributed by atoms with Crippen molar-refractivity contribution in [2.24, 2.45) is 0 Å². The summed E-state index contributed by atoms with van der Waals surface area (Å²) in [5, 5.41) is 15.5. The first kappa shape index (κ1) is 10.9. The van der Waals surface area contributed by atoms with Gasteiger partial charge in [0.15, 0.2) is 0 Å². The van der Waals surface area contributed by atoms with Gasteiger partial charge in [-0.2, -0.15) is 0 Å². The third kappa shape index (κ3) is 2.97. The monoisotopic (exact) mass is 215 g/mol. The number of nitro groups is 1. The van der Waals surface area contributed by atoms with Crippen molar-refractivity contribution >= 4 is 22.0 Å². The van der Waals surface area contributed by atoms with E-state index < -0.39 is 0 Å². The van der Waals surface area contributed by atoms with E-state index in [0.717, 1.165) is 17.9 Å². The number of anilines is 1. The maximum atomic E-state index is 10.5. The van der Waals surface area contributed by atoms with E-state index in [4.69, 9.17) is 0 Å². The number of hydrogen-bond donors (Lipinski definition) is 1. The molecule has 0 saturated heterocycles. The van der Waals surface area contributed by atoms with E-state index in [0.29, 0.717) is 12.2 Å². The minimum absolute atomic E-state index is 0.184. The SMILES string of the molecule is CN(C)CCNc1ccsc1[N+](=O)[O-].